The number of amides is 3. The maximum Gasteiger partial charge on any atom is 0.268 e. The summed E-state index contributed by atoms with van der Waals surface area (Å²) in [5, 5.41) is 1.82. The third-order valence-electron chi connectivity index (χ3n) is 6.38. The standard InChI is InChI=1S/C26H21Cl2N3O4/c1-14-3-5-16(6-4-14)24(32)31-23-21(22(29-31)15-7-10-18(35-2)11-8-15)25(33)30(26(23)34)20-12-9-17(27)13-19(20)28/h3-13,21-23,29H,1-2H3/t21-,22+,23-/m1/s1. The van der Waals surface area contributed by atoms with Gasteiger partial charge in [-0.15, -0.1) is 0 Å². The van der Waals surface area contributed by atoms with E-state index in [2.05, 4.69) is 5.43 Å². The van der Waals surface area contributed by atoms with Gasteiger partial charge in [0.05, 0.1) is 29.8 Å². The summed E-state index contributed by atoms with van der Waals surface area (Å²) in [6, 6.07) is 17.1. The van der Waals surface area contributed by atoms with Crippen molar-refractivity contribution < 1.29 is 19.1 Å². The lowest BCUT2D eigenvalue weighted by Crippen LogP contribution is -2.48. The van der Waals surface area contributed by atoms with Gasteiger partial charge in [0.1, 0.15) is 11.8 Å². The molecule has 3 aromatic carbocycles. The second kappa shape index (κ2) is 9.00. The minimum absolute atomic E-state index is 0.171. The number of imide groups is 1. The Kier molecular flexibility index (Phi) is 6.01. The molecule has 0 spiro atoms. The molecule has 0 radical (unpaired) electrons. The third kappa shape index (κ3) is 3.95. The van der Waals surface area contributed by atoms with Crippen LogP contribution in [0.5, 0.6) is 5.75 Å². The van der Waals surface area contributed by atoms with Gasteiger partial charge < -0.3 is 4.74 Å². The van der Waals surface area contributed by atoms with Crippen molar-refractivity contribution >= 4 is 46.6 Å². The number of halogens is 2. The number of fused-ring (bicyclic) bond motifs is 1. The molecule has 3 atom stereocenters. The summed E-state index contributed by atoms with van der Waals surface area (Å²) in [6.45, 7) is 1.92. The molecule has 3 amide bonds. The summed E-state index contributed by atoms with van der Waals surface area (Å²) >= 11 is 12.4. The molecule has 5 rings (SSSR count). The molecule has 2 heterocycles. The number of nitrogens with one attached hydrogen (secondary N) is 1. The second-order valence-corrected chi connectivity index (χ2v) is 9.34. The molecule has 0 saturated carbocycles. The van der Waals surface area contributed by atoms with Gasteiger partial charge in [0.2, 0.25) is 5.91 Å². The van der Waals surface area contributed by atoms with Gasteiger partial charge in [-0.05, 0) is 55.0 Å². The monoisotopic (exact) mass is 509 g/mol. The Bertz CT molecular complexity index is 1330. The lowest BCUT2D eigenvalue weighted by atomic mass is 9.91. The number of anilines is 1. The fourth-order valence-electron chi connectivity index (χ4n) is 4.60. The molecule has 3 aromatic rings. The average molecular weight is 510 g/mol. The topological polar surface area (TPSA) is 79.0 Å². The maximum absolute atomic E-state index is 13.7. The van der Waals surface area contributed by atoms with Gasteiger partial charge in [-0.2, -0.15) is 0 Å². The predicted octanol–water partition coefficient (Wildman–Crippen LogP) is 4.57. The van der Waals surface area contributed by atoms with E-state index in [1.54, 1.807) is 37.4 Å². The van der Waals surface area contributed by atoms with E-state index in [0.717, 1.165) is 16.0 Å². The zero-order valence-electron chi connectivity index (χ0n) is 18.9. The number of ether oxygens (including phenoxy) is 1. The summed E-state index contributed by atoms with van der Waals surface area (Å²) in [6.07, 6.45) is 0. The molecule has 2 fully saturated rings. The molecule has 7 nitrogen and oxygen atoms in total. The van der Waals surface area contributed by atoms with Crippen LogP contribution < -0.4 is 15.1 Å². The molecular weight excluding hydrogens is 489 g/mol. The van der Waals surface area contributed by atoms with E-state index < -0.39 is 35.7 Å². The first-order valence-corrected chi connectivity index (χ1v) is 11.7. The first kappa shape index (κ1) is 23.4. The Morgan fingerprint density at radius 1 is 0.943 bits per heavy atom. The molecule has 35 heavy (non-hydrogen) atoms. The number of hydrogen-bond acceptors (Lipinski definition) is 5. The van der Waals surface area contributed by atoms with Crippen LogP contribution in [-0.4, -0.2) is 35.9 Å². The smallest absolute Gasteiger partial charge is 0.268 e. The number of rotatable bonds is 4. The molecule has 0 bridgehead atoms. The highest BCUT2D eigenvalue weighted by molar-refractivity contribution is 6.38. The van der Waals surface area contributed by atoms with Gasteiger partial charge in [0.15, 0.2) is 0 Å². The molecule has 2 saturated heterocycles. The largest absolute Gasteiger partial charge is 0.497 e. The number of benzene rings is 3. The highest BCUT2D eigenvalue weighted by Gasteiger charge is 2.60. The zero-order valence-corrected chi connectivity index (χ0v) is 20.4. The van der Waals surface area contributed by atoms with Crippen LogP contribution in [0.3, 0.4) is 0 Å². The van der Waals surface area contributed by atoms with Crippen LogP contribution in [0.15, 0.2) is 66.7 Å². The van der Waals surface area contributed by atoms with Crippen LogP contribution in [0.25, 0.3) is 0 Å². The Labute approximate surface area is 212 Å². The number of aryl methyl sites for hydroxylation is 1. The molecule has 1 N–H and O–H groups in total. The lowest BCUT2D eigenvalue weighted by Gasteiger charge is -2.25. The van der Waals surface area contributed by atoms with E-state index in [9.17, 15) is 14.4 Å². The van der Waals surface area contributed by atoms with E-state index >= 15 is 0 Å². The van der Waals surface area contributed by atoms with E-state index in [1.165, 1.54) is 17.1 Å². The van der Waals surface area contributed by atoms with Crippen LogP contribution >= 0.6 is 23.2 Å². The first-order valence-electron chi connectivity index (χ1n) is 10.9. The SMILES string of the molecule is COc1ccc([C@@H]2NN(C(=O)c3ccc(C)cc3)[C@H]3C(=O)N(c4ccc(Cl)cc4Cl)C(=O)[C@H]23)cc1. The van der Waals surface area contributed by atoms with E-state index in [-0.39, 0.29) is 10.7 Å². The molecule has 9 heteroatoms. The summed E-state index contributed by atoms with van der Waals surface area (Å²) in [7, 11) is 1.56. The van der Waals surface area contributed by atoms with Gasteiger partial charge in [0.25, 0.3) is 11.8 Å². The Balaban J connectivity index is 1.58. The maximum atomic E-state index is 13.7. The first-order chi connectivity index (χ1) is 16.8. The molecule has 0 unspecified atom stereocenters. The predicted molar refractivity (Wildman–Crippen MR) is 132 cm³/mol. The highest BCUT2D eigenvalue weighted by atomic mass is 35.5. The molecular formula is C26H21Cl2N3O4. The third-order valence-corrected chi connectivity index (χ3v) is 6.92. The molecule has 178 valence electrons. The van der Waals surface area contributed by atoms with Crippen LogP contribution in [0.4, 0.5) is 5.69 Å². The fourth-order valence-corrected chi connectivity index (χ4v) is 5.09. The number of carbonyl (C=O) groups excluding carboxylic acids is 3. The van der Waals surface area contributed by atoms with Crippen molar-refractivity contribution in [2.75, 3.05) is 12.0 Å². The van der Waals surface area contributed by atoms with Crippen molar-refractivity contribution in [3.05, 3.63) is 93.5 Å². The van der Waals surface area contributed by atoms with Crippen molar-refractivity contribution in [2.24, 2.45) is 5.92 Å². The van der Waals surface area contributed by atoms with Crippen molar-refractivity contribution in [2.45, 2.75) is 19.0 Å². The van der Waals surface area contributed by atoms with Gasteiger partial charge in [-0.3, -0.25) is 19.4 Å². The molecule has 2 aliphatic heterocycles. The van der Waals surface area contributed by atoms with Gasteiger partial charge in [-0.1, -0.05) is 53.0 Å². The Morgan fingerprint density at radius 2 is 1.63 bits per heavy atom. The number of nitrogens with zero attached hydrogens (tertiary/aromatic N) is 2. The van der Waals surface area contributed by atoms with Crippen LogP contribution in [0.2, 0.25) is 10.0 Å². The fraction of sp³-hybridized carbons (Fsp3) is 0.192. The Hall–Kier alpha value is -3.39. The van der Waals surface area contributed by atoms with E-state index in [0.29, 0.717) is 16.3 Å². The van der Waals surface area contributed by atoms with Crippen molar-refractivity contribution in [1.29, 1.82) is 0 Å². The van der Waals surface area contributed by atoms with Gasteiger partial charge >= 0.3 is 0 Å². The van der Waals surface area contributed by atoms with Crippen molar-refractivity contribution in [1.82, 2.24) is 10.4 Å². The minimum Gasteiger partial charge on any atom is -0.497 e. The highest BCUT2D eigenvalue weighted by Crippen LogP contribution is 2.44. The number of hydrazine groups is 1. The number of methoxy groups -OCH3 is 1. The average Bonchev–Trinajstić information content (AvgIpc) is 3.36. The van der Waals surface area contributed by atoms with Gasteiger partial charge in [0, 0.05) is 10.6 Å². The summed E-state index contributed by atoms with van der Waals surface area (Å²) in [5.74, 6) is -1.58. The lowest BCUT2D eigenvalue weighted by molar-refractivity contribution is -0.123. The zero-order chi connectivity index (χ0) is 24.9. The summed E-state index contributed by atoms with van der Waals surface area (Å²) in [5.41, 5.74) is 5.51. The quantitative estimate of drug-likeness (QED) is 0.521. The normalized spacial score (nSPS) is 21.4. The number of carbonyl (C=O) groups is 3. The second-order valence-electron chi connectivity index (χ2n) is 8.50. The van der Waals surface area contributed by atoms with E-state index in [1.807, 2.05) is 31.2 Å². The molecule has 0 aliphatic carbocycles. The molecule has 0 aromatic heterocycles. The van der Waals surface area contributed by atoms with Crippen LogP contribution in [-0.2, 0) is 9.59 Å². The summed E-state index contributed by atoms with van der Waals surface area (Å²) < 4.78 is 5.24. The van der Waals surface area contributed by atoms with Crippen LogP contribution in [0, 0.1) is 12.8 Å². The van der Waals surface area contributed by atoms with Crippen molar-refractivity contribution in [3.8, 4) is 5.75 Å². The summed E-state index contributed by atoms with van der Waals surface area (Å²) in [4.78, 5) is 41.9. The number of hydrogen-bond donors (Lipinski definition) is 1. The van der Waals surface area contributed by atoms with Crippen LogP contribution in [0.1, 0.15) is 27.5 Å². The van der Waals surface area contributed by atoms with Gasteiger partial charge in [-0.25, -0.2) is 10.3 Å². The van der Waals surface area contributed by atoms with Crippen molar-refractivity contribution in [3.63, 3.8) is 0 Å². The Morgan fingerprint density at radius 3 is 2.26 bits per heavy atom. The minimum atomic E-state index is -1.05. The molecule has 2 aliphatic rings. The van der Waals surface area contributed by atoms with E-state index in [4.69, 9.17) is 27.9 Å².